The molecule has 0 spiro atoms. The standard InChI is InChI=1S/C22H26ClNO2S/c23-18-7-3-5-16(11-18)12-22(15-25)9-4-10-24(14-22)21(26)20-19-8-2-1-6-17(19)13-27-20/h3,5,7,11,13,25H,1-2,4,6,8-10,12,14-15H2/t22-/m0/s1. The van der Waals surface area contributed by atoms with Gasteiger partial charge >= 0.3 is 0 Å². The fraction of sp³-hybridized carbons (Fsp3) is 0.500. The maximum Gasteiger partial charge on any atom is 0.264 e. The van der Waals surface area contributed by atoms with Gasteiger partial charge in [-0.1, -0.05) is 23.7 Å². The van der Waals surface area contributed by atoms with E-state index in [0.717, 1.165) is 54.1 Å². The maximum atomic E-state index is 13.3. The van der Waals surface area contributed by atoms with Crippen molar-refractivity contribution in [3.8, 4) is 0 Å². The van der Waals surface area contributed by atoms with Gasteiger partial charge in [-0.25, -0.2) is 0 Å². The van der Waals surface area contributed by atoms with Crippen molar-refractivity contribution in [2.45, 2.75) is 44.9 Å². The Bertz CT molecular complexity index is 833. The lowest BCUT2D eigenvalue weighted by molar-refractivity contribution is 0.0274. The summed E-state index contributed by atoms with van der Waals surface area (Å²) in [6.45, 7) is 1.48. The Morgan fingerprint density at radius 2 is 2.11 bits per heavy atom. The fourth-order valence-electron chi connectivity index (χ4n) is 4.63. The van der Waals surface area contributed by atoms with Crippen LogP contribution in [0.15, 0.2) is 29.6 Å². The second-order valence-corrected chi connectivity index (χ2v) is 9.39. The molecule has 27 heavy (non-hydrogen) atoms. The topological polar surface area (TPSA) is 40.5 Å². The summed E-state index contributed by atoms with van der Waals surface area (Å²) in [4.78, 5) is 16.2. The summed E-state index contributed by atoms with van der Waals surface area (Å²) >= 11 is 7.75. The van der Waals surface area contributed by atoms with E-state index >= 15 is 0 Å². The fourth-order valence-corrected chi connectivity index (χ4v) is 5.97. The van der Waals surface area contributed by atoms with Crippen LogP contribution < -0.4 is 0 Å². The van der Waals surface area contributed by atoms with Crippen LogP contribution in [0.1, 0.15) is 52.0 Å². The first-order chi connectivity index (χ1) is 13.1. The first kappa shape index (κ1) is 19.0. The van der Waals surface area contributed by atoms with E-state index in [1.807, 2.05) is 23.1 Å². The number of likely N-dealkylation sites (tertiary alicyclic amines) is 1. The van der Waals surface area contributed by atoms with E-state index in [9.17, 15) is 9.90 Å². The molecule has 2 aromatic rings. The molecule has 1 saturated heterocycles. The van der Waals surface area contributed by atoms with Crippen molar-refractivity contribution in [3.63, 3.8) is 0 Å². The molecule has 0 saturated carbocycles. The minimum absolute atomic E-state index is 0.0891. The van der Waals surface area contributed by atoms with Gasteiger partial charge in [0.1, 0.15) is 0 Å². The zero-order chi connectivity index (χ0) is 18.9. The Morgan fingerprint density at radius 3 is 2.93 bits per heavy atom. The van der Waals surface area contributed by atoms with Crippen molar-refractivity contribution >= 4 is 28.8 Å². The van der Waals surface area contributed by atoms with Gasteiger partial charge in [0.05, 0.1) is 11.5 Å². The van der Waals surface area contributed by atoms with E-state index in [0.29, 0.717) is 6.54 Å². The lowest BCUT2D eigenvalue weighted by Crippen LogP contribution is -2.49. The number of hydrogen-bond acceptors (Lipinski definition) is 3. The van der Waals surface area contributed by atoms with Gasteiger partial charge in [0.2, 0.25) is 0 Å². The molecule has 1 amide bonds. The highest BCUT2D eigenvalue weighted by atomic mass is 35.5. The lowest BCUT2D eigenvalue weighted by Gasteiger charge is -2.42. The lowest BCUT2D eigenvalue weighted by atomic mass is 9.75. The number of nitrogens with zero attached hydrogens (tertiary/aromatic N) is 1. The Labute approximate surface area is 170 Å². The molecule has 1 aliphatic carbocycles. The van der Waals surface area contributed by atoms with Crippen molar-refractivity contribution in [1.29, 1.82) is 0 Å². The molecule has 0 bridgehead atoms. The minimum Gasteiger partial charge on any atom is -0.396 e. The van der Waals surface area contributed by atoms with Crippen LogP contribution in [0.3, 0.4) is 0 Å². The van der Waals surface area contributed by atoms with E-state index in [1.54, 1.807) is 11.3 Å². The SMILES string of the molecule is O=C(c1scc2c1CCCC2)N1CCC[C@](CO)(Cc2cccc(Cl)c2)C1. The molecule has 3 nitrogen and oxygen atoms in total. The number of hydrogen-bond donors (Lipinski definition) is 1. The molecular formula is C22H26ClNO2S. The van der Waals surface area contributed by atoms with Crippen LogP contribution in [0, 0.1) is 5.41 Å². The predicted molar refractivity (Wildman–Crippen MR) is 111 cm³/mol. The third-order valence-electron chi connectivity index (χ3n) is 6.05. The number of halogens is 1. The number of carbonyl (C=O) groups excluding carboxylic acids is 1. The Morgan fingerprint density at radius 1 is 1.26 bits per heavy atom. The van der Waals surface area contributed by atoms with Crippen molar-refractivity contribution in [2.75, 3.05) is 19.7 Å². The molecule has 4 rings (SSSR count). The highest BCUT2D eigenvalue weighted by Crippen LogP contribution is 2.36. The van der Waals surface area contributed by atoms with Gasteiger partial charge in [0.25, 0.3) is 5.91 Å². The van der Waals surface area contributed by atoms with Crippen molar-refractivity contribution in [1.82, 2.24) is 4.90 Å². The summed E-state index contributed by atoms with van der Waals surface area (Å²) in [5.41, 5.74) is 3.50. The molecule has 2 heterocycles. The van der Waals surface area contributed by atoms with Crippen molar-refractivity contribution in [2.24, 2.45) is 5.41 Å². The van der Waals surface area contributed by atoms with Crippen LogP contribution in [-0.2, 0) is 19.3 Å². The first-order valence-corrected chi connectivity index (χ1v) is 11.1. The van der Waals surface area contributed by atoms with E-state index in [-0.39, 0.29) is 17.9 Å². The summed E-state index contributed by atoms with van der Waals surface area (Å²) < 4.78 is 0. The highest BCUT2D eigenvalue weighted by Gasteiger charge is 2.38. The van der Waals surface area contributed by atoms with Gasteiger partial charge in [-0.2, -0.15) is 0 Å². The summed E-state index contributed by atoms with van der Waals surface area (Å²) in [6, 6.07) is 7.84. The Balaban J connectivity index is 1.54. The number of amides is 1. The number of aliphatic hydroxyl groups is 1. The largest absolute Gasteiger partial charge is 0.396 e. The molecule has 1 aliphatic heterocycles. The summed E-state index contributed by atoms with van der Waals surface area (Å²) in [5, 5.41) is 13.1. The zero-order valence-electron chi connectivity index (χ0n) is 15.5. The van der Waals surface area contributed by atoms with Crippen LogP contribution >= 0.6 is 22.9 Å². The molecular weight excluding hydrogens is 378 g/mol. The quantitative estimate of drug-likeness (QED) is 0.801. The molecule has 1 aromatic heterocycles. The zero-order valence-corrected chi connectivity index (χ0v) is 17.1. The second-order valence-electron chi connectivity index (χ2n) is 8.07. The number of fused-ring (bicyclic) bond motifs is 1. The molecule has 144 valence electrons. The van der Waals surface area contributed by atoms with Gasteiger partial charge in [-0.05, 0) is 79.1 Å². The normalized spacial score (nSPS) is 22.5. The number of piperidine rings is 1. The molecule has 0 unspecified atom stereocenters. The molecule has 1 fully saturated rings. The first-order valence-electron chi connectivity index (χ1n) is 9.84. The number of aliphatic hydroxyl groups excluding tert-OH is 1. The summed E-state index contributed by atoms with van der Waals surface area (Å²) in [6.07, 6.45) is 7.16. The van der Waals surface area contributed by atoms with Crippen molar-refractivity contribution in [3.05, 3.63) is 56.2 Å². The molecule has 1 atom stereocenters. The van der Waals surface area contributed by atoms with E-state index in [2.05, 4.69) is 11.4 Å². The minimum atomic E-state index is -0.282. The molecule has 5 heteroatoms. The number of thiophene rings is 1. The number of aryl methyl sites for hydroxylation is 1. The van der Waals surface area contributed by atoms with Crippen LogP contribution in [-0.4, -0.2) is 35.6 Å². The number of benzene rings is 1. The summed E-state index contributed by atoms with van der Waals surface area (Å²) in [7, 11) is 0. The van der Waals surface area contributed by atoms with Crippen LogP contribution in [0.5, 0.6) is 0 Å². The van der Waals surface area contributed by atoms with Gasteiger partial charge in [0.15, 0.2) is 0 Å². The number of rotatable bonds is 4. The van der Waals surface area contributed by atoms with Crippen LogP contribution in [0.2, 0.25) is 5.02 Å². The third-order valence-corrected chi connectivity index (χ3v) is 7.34. The van der Waals surface area contributed by atoms with Gasteiger partial charge in [-0.3, -0.25) is 4.79 Å². The van der Waals surface area contributed by atoms with E-state index in [1.165, 1.54) is 24.0 Å². The van der Waals surface area contributed by atoms with Gasteiger partial charge < -0.3 is 10.0 Å². The smallest absolute Gasteiger partial charge is 0.264 e. The second kappa shape index (κ2) is 7.94. The molecule has 0 radical (unpaired) electrons. The Kier molecular flexibility index (Phi) is 5.58. The Hall–Kier alpha value is -1.36. The van der Waals surface area contributed by atoms with E-state index in [4.69, 9.17) is 11.6 Å². The molecule has 2 aliphatic rings. The predicted octanol–water partition coefficient (Wildman–Crippen LogP) is 4.74. The van der Waals surface area contributed by atoms with Gasteiger partial charge in [-0.15, -0.1) is 11.3 Å². The molecule has 1 aromatic carbocycles. The monoisotopic (exact) mass is 403 g/mol. The maximum absolute atomic E-state index is 13.3. The summed E-state index contributed by atoms with van der Waals surface area (Å²) in [5.74, 6) is 0.159. The highest BCUT2D eigenvalue weighted by molar-refractivity contribution is 7.12. The van der Waals surface area contributed by atoms with Gasteiger partial charge in [0, 0.05) is 23.5 Å². The van der Waals surface area contributed by atoms with Crippen LogP contribution in [0.4, 0.5) is 0 Å². The number of carbonyl (C=O) groups is 1. The van der Waals surface area contributed by atoms with Crippen molar-refractivity contribution < 1.29 is 9.90 Å². The van der Waals surface area contributed by atoms with E-state index < -0.39 is 0 Å². The third kappa shape index (κ3) is 3.94. The average molecular weight is 404 g/mol. The van der Waals surface area contributed by atoms with Crippen LogP contribution in [0.25, 0.3) is 0 Å². The molecule has 1 N–H and O–H groups in total. The average Bonchev–Trinajstić information content (AvgIpc) is 3.12.